The molecule has 26 heavy (non-hydrogen) atoms. The molecule has 0 N–H and O–H groups in total. The van der Waals surface area contributed by atoms with Crippen LogP contribution >= 0.6 is 0 Å². The van der Waals surface area contributed by atoms with Crippen LogP contribution in [0.25, 0.3) is 0 Å². The number of rotatable bonds is 3. The molecule has 2 aromatic carbocycles. The van der Waals surface area contributed by atoms with Crippen molar-refractivity contribution in [3.8, 4) is 0 Å². The molecule has 2 aliphatic heterocycles. The second kappa shape index (κ2) is 6.69. The van der Waals surface area contributed by atoms with E-state index in [4.69, 9.17) is 0 Å². The Balaban J connectivity index is 1.54. The Morgan fingerprint density at radius 2 is 1.65 bits per heavy atom. The second-order valence-corrected chi connectivity index (χ2v) is 7.52. The Morgan fingerprint density at radius 3 is 2.35 bits per heavy atom. The molecule has 2 amide bonds. The van der Waals surface area contributed by atoms with Gasteiger partial charge >= 0.3 is 0 Å². The molecule has 0 aliphatic carbocycles. The Hall–Kier alpha value is -2.46. The molecular formula is C22H24N2O2. The Labute approximate surface area is 154 Å². The maximum Gasteiger partial charge on any atom is 0.251 e. The van der Waals surface area contributed by atoms with Crippen LogP contribution in [-0.4, -0.2) is 29.3 Å². The summed E-state index contributed by atoms with van der Waals surface area (Å²) in [7, 11) is 0. The van der Waals surface area contributed by atoms with E-state index < -0.39 is 0 Å². The third-order valence-electron chi connectivity index (χ3n) is 5.54. The molecule has 2 aliphatic rings. The lowest BCUT2D eigenvalue weighted by Gasteiger charge is -2.32. The molecule has 1 atom stereocenters. The summed E-state index contributed by atoms with van der Waals surface area (Å²) in [5.41, 5.74) is 4.50. The first-order chi connectivity index (χ1) is 12.5. The van der Waals surface area contributed by atoms with E-state index in [1.807, 2.05) is 30.3 Å². The normalized spacial score (nSPS) is 20.7. The van der Waals surface area contributed by atoms with Crippen LogP contribution in [0.15, 0.2) is 48.5 Å². The summed E-state index contributed by atoms with van der Waals surface area (Å²) < 4.78 is 0. The molecule has 0 aromatic heterocycles. The van der Waals surface area contributed by atoms with Gasteiger partial charge in [-0.1, -0.05) is 50.2 Å². The first kappa shape index (κ1) is 17.0. The summed E-state index contributed by atoms with van der Waals surface area (Å²) in [6.07, 6.45) is 1.20. The largest absolute Gasteiger partial charge is 0.287 e. The smallest absolute Gasteiger partial charge is 0.251 e. The van der Waals surface area contributed by atoms with Crippen molar-refractivity contribution in [2.45, 2.75) is 45.2 Å². The predicted molar refractivity (Wildman–Crippen MR) is 102 cm³/mol. The zero-order valence-electron chi connectivity index (χ0n) is 15.3. The highest BCUT2D eigenvalue weighted by Gasteiger charge is 2.43. The van der Waals surface area contributed by atoms with Crippen LogP contribution in [0.3, 0.4) is 0 Å². The van der Waals surface area contributed by atoms with Gasteiger partial charge in [0.2, 0.25) is 5.91 Å². The molecule has 2 heterocycles. The standard InChI is InChI=1S/C22H24N2O2/c1-15(2)16-7-9-19(10-8-16)24-21(25)13-20(22(24)26)23-12-11-17-5-3-4-6-18(17)14-23/h3-10,15,20H,11-14H2,1-2H3/t20-/m1/s1. The molecule has 4 nitrogen and oxygen atoms in total. The number of anilines is 1. The maximum atomic E-state index is 13.0. The molecule has 0 unspecified atom stereocenters. The molecule has 0 bridgehead atoms. The van der Waals surface area contributed by atoms with Crippen molar-refractivity contribution in [3.05, 3.63) is 65.2 Å². The van der Waals surface area contributed by atoms with Gasteiger partial charge in [0.05, 0.1) is 18.2 Å². The number of fused-ring (bicyclic) bond motifs is 1. The number of nitrogens with zero attached hydrogens (tertiary/aromatic N) is 2. The number of carbonyl (C=O) groups excluding carboxylic acids is 2. The molecule has 4 heteroatoms. The zero-order valence-corrected chi connectivity index (χ0v) is 15.3. The average Bonchev–Trinajstić information content (AvgIpc) is 2.95. The lowest BCUT2D eigenvalue weighted by Crippen LogP contribution is -2.44. The first-order valence-corrected chi connectivity index (χ1v) is 9.32. The lowest BCUT2D eigenvalue weighted by molar-refractivity contribution is -0.123. The average molecular weight is 348 g/mol. The van der Waals surface area contributed by atoms with Crippen LogP contribution in [0.5, 0.6) is 0 Å². The number of imide groups is 1. The van der Waals surface area contributed by atoms with Gasteiger partial charge in [-0.3, -0.25) is 14.5 Å². The van der Waals surface area contributed by atoms with E-state index in [9.17, 15) is 9.59 Å². The summed E-state index contributed by atoms with van der Waals surface area (Å²) in [5.74, 6) is 0.234. The molecular weight excluding hydrogens is 324 g/mol. The fourth-order valence-electron chi connectivity index (χ4n) is 3.96. The molecule has 1 saturated heterocycles. The monoisotopic (exact) mass is 348 g/mol. The lowest BCUT2D eigenvalue weighted by atomic mass is 9.98. The molecule has 4 rings (SSSR count). The van der Waals surface area contributed by atoms with Gasteiger partial charge in [-0.05, 0) is 41.2 Å². The summed E-state index contributed by atoms with van der Waals surface area (Å²) in [4.78, 5) is 29.1. The van der Waals surface area contributed by atoms with Gasteiger partial charge in [-0.15, -0.1) is 0 Å². The quantitative estimate of drug-likeness (QED) is 0.797. The van der Waals surface area contributed by atoms with Crippen LogP contribution in [0.2, 0.25) is 0 Å². The predicted octanol–water partition coefficient (Wildman–Crippen LogP) is 3.50. The third kappa shape index (κ3) is 2.95. The molecule has 134 valence electrons. The summed E-state index contributed by atoms with van der Waals surface area (Å²) in [6.45, 7) is 5.82. The van der Waals surface area contributed by atoms with Gasteiger partial charge in [0, 0.05) is 13.1 Å². The fraction of sp³-hybridized carbons (Fsp3) is 0.364. The van der Waals surface area contributed by atoms with Crippen molar-refractivity contribution in [1.82, 2.24) is 4.90 Å². The van der Waals surface area contributed by atoms with Crippen LogP contribution in [0.4, 0.5) is 5.69 Å². The molecule has 1 fully saturated rings. The van der Waals surface area contributed by atoms with Crippen molar-refractivity contribution in [2.24, 2.45) is 0 Å². The second-order valence-electron chi connectivity index (χ2n) is 7.52. The highest BCUT2D eigenvalue weighted by Crippen LogP contribution is 2.30. The number of hydrogen-bond donors (Lipinski definition) is 0. The minimum Gasteiger partial charge on any atom is -0.287 e. The first-order valence-electron chi connectivity index (χ1n) is 9.32. The summed E-state index contributed by atoms with van der Waals surface area (Å²) in [5, 5.41) is 0. The van der Waals surface area contributed by atoms with Crippen LogP contribution in [0.1, 0.15) is 42.9 Å². The summed E-state index contributed by atoms with van der Waals surface area (Å²) >= 11 is 0. The van der Waals surface area contributed by atoms with Gasteiger partial charge in [-0.25, -0.2) is 4.90 Å². The van der Waals surface area contributed by atoms with Crippen molar-refractivity contribution in [3.63, 3.8) is 0 Å². The SMILES string of the molecule is CC(C)c1ccc(N2C(=O)C[C@@H](N3CCc4ccccc4C3)C2=O)cc1. The van der Waals surface area contributed by atoms with Crippen LogP contribution in [0, 0.1) is 0 Å². The highest BCUT2D eigenvalue weighted by molar-refractivity contribution is 6.22. The van der Waals surface area contributed by atoms with Crippen molar-refractivity contribution in [1.29, 1.82) is 0 Å². The minimum atomic E-state index is -0.347. The number of amides is 2. The Kier molecular flexibility index (Phi) is 4.37. The molecule has 2 aromatic rings. The number of benzene rings is 2. The fourth-order valence-corrected chi connectivity index (χ4v) is 3.96. The number of carbonyl (C=O) groups is 2. The third-order valence-corrected chi connectivity index (χ3v) is 5.54. The van der Waals surface area contributed by atoms with E-state index in [0.29, 0.717) is 11.6 Å². The topological polar surface area (TPSA) is 40.6 Å². The van der Waals surface area contributed by atoms with Gasteiger partial charge in [0.1, 0.15) is 0 Å². The Morgan fingerprint density at radius 1 is 0.962 bits per heavy atom. The van der Waals surface area contributed by atoms with Gasteiger partial charge in [0.25, 0.3) is 5.91 Å². The van der Waals surface area contributed by atoms with E-state index in [0.717, 1.165) is 19.5 Å². The van der Waals surface area contributed by atoms with Gasteiger partial charge < -0.3 is 0 Å². The van der Waals surface area contributed by atoms with E-state index >= 15 is 0 Å². The summed E-state index contributed by atoms with van der Waals surface area (Å²) in [6, 6.07) is 15.8. The van der Waals surface area contributed by atoms with E-state index in [-0.39, 0.29) is 24.3 Å². The highest BCUT2D eigenvalue weighted by atomic mass is 16.2. The minimum absolute atomic E-state index is 0.0910. The van der Waals surface area contributed by atoms with Gasteiger partial charge in [0.15, 0.2) is 0 Å². The molecule has 0 saturated carbocycles. The molecule has 0 radical (unpaired) electrons. The van der Waals surface area contributed by atoms with E-state index in [1.165, 1.54) is 21.6 Å². The van der Waals surface area contributed by atoms with Crippen LogP contribution in [-0.2, 0) is 22.6 Å². The van der Waals surface area contributed by atoms with E-state index in [2.05, 4.69) is 36.9 Å². The molecule has 0 spiro atoms. The Bertz CT molecular complexity index is 841. The maximum absolute atomic E-state index is 13.0. The van der Waals surface area contributed by atoms with E-state index in [1.54, 1.807) is 0 Å². The van der Waals surface area contributed by atoms with Gasteiger partial charge in [-0.2, -0.15) is 0 Å². The van der Waals surface area contributed by atoms with Crippen molar-refractivity contribution < 1.29 is 9.59 Å². The van der Waals surface area contributed by atoms with Crippen molar-refractivity contribution in [2.75, 3.05) is 11.4 Å². The van der Waals surface area contributed by atoms with Crippen LogP contribution < -0.4 is 4.90 Å². The zero-order chi connectivity index (χ0) is 18.3. The van der Waals surface area contributed by atoms with Crippen molar-refractivity contribution >= 4 is 17.5 Å². The number of hydrogen-bond acceptors (Lipinski definition) is 3.